The molecule has 0 unspecified atom stereocenters. The lowest BCUT2D eigenvalue weighted by molar-refractivity contribution is -0.126. The summed E-state index contributed by atoms with van der Waals surface area (Å²) >= 11 is 1.87. The second-order valence-corrected chi connectivity index (χ2v) is 7.26. The normalized spacial score (nSPS) is 24.0. The molecule has 1 aromatic rings. The lowest BCUT2D eigenvalue weighted by Crippen LogP contribution is -2.37. The zero-order chi connectivity index (χ0) is 16.9. The molecule has 3 N–H and O–H groups in total. The Morgan fingerprint density at radius 2 is 2.08 bits per heavy atom. The summed E-state index contributed by atoms with van der Waals surface area (Å²) in [6.45, 7) is 1.98. The zero-order valence-corrected chi connectivity index (χ0v) is 14.4. The van der Waals surface area contributed by atoms with E-state index in [1.54, 1.807) is 24.3 Å². The van der Waals surface area contributed by atoms with Gasteiger partial charge in [-0.05, 0) is 31.0 Å². The molecule has 0 aromatic heterocycles. The number of rotatable bonds is 4. The van der Waals surface area contributed by atoms with Crippen molar-refractivity contribution in [1.82, 2.24) is 4.90 Å². The molecule has 0 saturated carbocycles. The Morgan fingerprint density at radius 1 is 1.29 bits per heavy atom. The fraction of sp³-hybridized carbons (Fsp3) is 0.529. The van der Waals surface area contributed by atoms with Gasteiger partial charge in [-0.2, -0.15) is 11.8 Å². The van der Waals surface area contributed by atoms with Gasteiger partial charge in [0.15, 0.2) is 0 Å². The summed E-state index contributed by atoms with van der Waals surface area (Å²) in [5.74, 6) is 1.80. The van der Waals surface area contributed by atoms with E-state index in [1.165, 1.54) is 0 Å². The molecule has 130 valence electrons. The minimum atomic E-state index is -0.461. The molecule has 1 aromatic carbocycles. The number of nitrogens with zero attached hydrogens (tertiary/aromatic N) is 1. The highest BCUT2D eigenvalue weighted by Crippen LogP contribution is 2.21. The fourth-order valence-corrected chi connectivity index (χ4v) is 3.88. The Hall–Kier alpha value is -1.57. The summed E-state index contributed by atoms with van der Waals surface area (Å²) < 4.78 is 5.60. The number of benzene rings is 1. The SMILES string of the molecule is NC[C@H]1CC[C@@H](C(=O)Nc2cccc(C(=O)N3CCSCC3)c2)O1. The average Bonchev–Trinajstić information content (AvgIpc) is 3.11. The van der Waals surface area contributed by atoms with Gasteiger partial charge in [0.25, 0.3) is 11.8 Å². The first-order chi connectivity index (χ1) is 11.7. The summed E-state index contributed by atoms with van der Waals surface area (Å²) in [6.07, 6.45) is 0.986. The van der Waals surface area contributed by atoms with Gasteiger partial charge in [0.05, 0.1) is 6.10 Å². The van der Waals surface area contributed by atoms with Crippen LogP contribution in [0.4, 0.5) is 5.69 Å². The predicted octanol–water partition coefficient (Wildman–Crippen LogP) is 1.32. The molecule has 0 aliphatic carbocycles. The van der Waals surface area contributed by atoms with E-state index >= 15 is 0 Å². The minimum Gasteiger partial charge on any atom is -0.364 e. The van der Waals surface area contributed by atoms with Gasteiger partial charge in [0.1, 0.15) is 6.10 Å². The molecule has 3 rings (SSSR count). The number of carbonyl (C=O) groups is 2. The van der Waals surface area contributed by atoms with Gasteiger partial charge in [0.2, 0.25) is 0 Å². The largest absolute Gasteiger partial charge is 0.364 e. The molecule has 2 amide bonds. The van der Waals surface area contributed by atoms with Gasteiger partial charge in [-0.1, -0.05) is 6.07 Å². The van der Waals surface area contributed by atoms with Gasteiger partial charge in [-0.15, -0.1) is 0 Å². The van der Waals surface area contributed by atoms with Crippen molar-refractivity contribution in [2.45, 2.75) is 25.0 Å². The molecule has 2 saturated heterocycles. The van der Waals surface area contributed by atoms with E-state index in [1.807, 2.05) is 16.7 Å². The van der Waals surface area contributed by atoms with E-state index < -0.39 is 6.10 Å². The van der Waals surface area contributed by atoms with Crippen LogP contribution in [0.15, 0.2) is 24.3 Å². The van der Waals surface area contributed by atoms with Crippen LogP contribution < -0.4 is 11.1 Å². The predicted molar refractivity (Wildman–Crippen MR) is 95.2 cm³/mol. The number of carbonyl (C=O) groups excluding carboxylic acids is 2. The monoisotopic (exact) mass is 349 g/mol. The summed E-state index contributed by atoms with van der Waals surface area (Å²) in [7, 11) is 0. The van der Waals surface area contributed by atoms with Gasteiger partial charge in [-0.25, -0.2) is 0 Å². The van der Waals surface area contributed by atoms with Gasteiger partial charge < -0.3 is 20.7 Å². The van der Waals surface area contributed by atoms with Crippen molar-refractivity contribution in [1.29, 1.82) is 0 Å². The van der Waals surface area contributed by atoms with E-state index in [2.05, 4.69) is 5.32 Å². The summed E-state index contributed by atoms with van der Waals surface area (Å²) in [4.78, 5) is 26.7. The smallest absolute Gasteiger partial charge is 0.253 e. The molecule has 2 heterocycles. The van der Waals surface area contributed by atoms with Crippen LogP contribution in [-0.2, 0) is 9.53 Å². The second-order valence-electron chi connectivity index (χ2n) is 6.03. The first-order valence-electron chi connectivity index (χ1n) is 8.31. The van der Waals surface area contributed by atoms with Crippen LogP contribution in [0.3, 0.4) is 0 Å². The highest BCUT2D eigenvalue weighted by atomic mass is 32.2. The standard InChI is InChI=1S/C17H23N3O3S/c18-11-14-4-5-15(23-14)16(21)19-13-3-1-2-12(10-13)17(22)20-6-8-24-9-7-20/h1-3,10,14-15H,4-9,11,18H2,(H,19,21)/t14-,15+/m1/s1. The lowest BCUT2D eigenvalue weighted by Gasteiger charge is -2.26. The second kappa shape index (κ2) is 8.00. The first-order valence-corrected chi connectivity index (χ1v) is 9.46. The molecule has 6 nitrogen and oxygen atoms in total. The maximum atomic E-state index is 12.5. The van der Waals surface area contributed by atoms with Crippen LogP contribution in [-0.4, -0.2) is 60.1 Å². The molecule has 0 bridgehead atoms. The molecule has 24 heavy (non-hydrogen) atoms. The maximum absolute atomic E-state index is 12.5. The third-order valence-electron chi connectivity index (χ3n) is 4.34. The van der Waals surface area contributed by atoms with Crippen LogP contribution in [0.1, 0.15) is 23.2 Å². The van der Waals surface area contributed by atoms with E-state index in [-0.39, 0.29) is 17.9 Å². The highest BCUT2D eigenvalue weighted by molar-refractivity contribution is 7.99. The van der Waals surface area contributed by atoms with Gasteiger partial charge >= 0.3 is 0 Å². The Balaban J connectivity index is 1.62. The number of thioether (sulfide) groups is 1. The number of nitrogens with one attached hydrogen (secondary N) is 1. The number of hydrogen-bond acceptors (Lipinski definition) is 5. The number of ether oxygens (including phenoxy) is 1. The topological polar surface area (TPSA) is 84.7 Å². The fourth-order valence-electron chi connectivity index (χ4n) is 2.97. The van der Waals surface area contributed by atoms with Crippen molar-refractivity contribution in [2.24, 2.45) is 5.73 Å². The maximum Gasteiger partial charge on any atom is 0.253 e. The molecular formula is C17H23N3O3S. The van der Waals surface area contributed by atoms with Crippen molar-refractivity contribution in [3.8, 4) is 0 Å². The van der Waals surface area contributed by atoms with E-state index in [0.29, 0.717) is 24.2 Å². The Kier molecular flexibility index (Phi) is 5.76. The minimum absolute atomic E-state index is 0.0201. The number of amides is 2. The Morgan fingerprint density at radius 3 is 2.79 bits per heavy atom. The van der Waals surface area contributed by atoms with Gasteiger partial charge in [-0.3, -0.25) is 9.59 Å². The van der Waals surface area contributed by atoms with Crippen molar-refractivity contribution in [2.75, 3.05) is 36.5 Å². The van der Waals surface area contributed by atoms with Crippen LogP contribution in [0, 0.1) is 0 Å². The molecule has 2 aliphatic heterocycles. The van der Waals surface area contributed by atoms with Crippen molar-refractivity contribution in [3.05, 3.63) is 29.8 Å². The molecular weight excluding hydrogens is 326 g/mol. The zero-order valence-electron chi connectivity index (χ0n) is 13.6. The van der Waals surface area contributed by atoms with Crippen molar-refractivity contribution in [3.63, 3.8) is 0 Å². The van der Waals surface area contributed by atoms with E-state index in [4.69, 9.17) is 10.5 Å². The Labute approximate surface area is 146 Å². The Bertz CT molecular complexity index is 604. The van der Waals surface area contributed by atoms with Crippen LogP contribution in [0.25, 0.3) is 0 Å². The van der Waals surface area contributed by atoms with E-state index in [0.717, 1.165) is 31.0 Å². The highest BCUT2D eigenvalue weighted by Gasteiger charge is 2.30. The lowest BCUT2D eigenvalue weighted by atomic mass is 10.1. The number of hydrogen-bond donors (Lipinski definition) is 2. The van der Waals surface area contributed by atoms with Crippen LogP contribution >= 0.6 is 11.8 Å². The third-order valence-corrected chi connectivity index (χ3v) is 5.28. The van der Waals surface area contributed by atoms with E-state index in [9.17, 15) is 9.59 Å². The molecule has 2 fully saturated rings. The van der Waals surface area contributed by atoms with Gasteiger partial charge in [0, 0.05) is 42.4 Å². The third kappa shape index (κ3) is 4.09. The van der Waals surface area contributed by atoms with Crippen LogP contribution in [0.5, 0.6) is 0 Å². The molecule has 0 radical (unpaired) electrons. The number of anilines is 1. The van der Waals surface area contributed by atoms with Crippen LogP contribution in [0.2, 0.25) is 0 Å². The molecule has 7 heteroatoms. The molecule has 2 aliphatic rings. The molecule has 2 atom stereocenters. The summed E-state index contributed by atoms with van der Waals surface area (Å²) in [5, 5.41) is 2.85. The quantitative estimate of drug-likeness (QED) is 0.856. The van der Waals surface area contributed by atoms with Crippen molar-refractivity contribution >= 4 is 29.3 Å². The number of nitrogens with two attached hydrogens (primary N) is 1. The average molecular weight is 349 g/mol. The first kappa shape index (κ1) is 17.3. The van der Waals surface area contributed by atoms with Crippen molar-refractivity contribution < 1.29 is 14.3 Å². The summed E-state index contributed by atoms with van der Waals surface area (Å²) in [6, 6.07) is 7.10. The summed E-state index contributed by atoms with van der Waals surface area (Å²) in [5.41, 5.74) is 6.80. The molecule has 0 spiro atoms.